The van der Waals surface area contributed by atoms with Crippen LogP contribution in [0.5, 0.6) is 5.75 Å². The van der Waals surface area contributed by atoms with Crippen LogP contribution < -0.4 is 4.74 Å². The van der Waals surface area contributed by atoms with Crippen molar-refractivity contribution in [3.05, 3.63) is 23.5 Å². The second-order valence-electron chi connectivity index (χ2n) is 3.37. The Labute approximate surface area is 87.1 Å². The molecular formula is C10H11ClN2O. The van der Waals surface area contributed by atoms with Gasteiger partial charge in [-0.15, -0.1) is 0 Å². The Morgan fingerprint density at radius 2 is 2.21 bits per heavy atom. The highest BCUT2D eigenvalue weighted by molar-refractivity contribution is 6.29. The van der Waals surface area contributed by atoms with Gasteiger partial charge < -0.3 is 9.72 Å². The van der Waals surface area contributed by atoms with Crippen LogP contribution in [0.2, 0.25) is 5.28 Å². The summed E-state index contributed by atoms with van der Waals surface area (Å²) in [6.45, 7) is 3.98. The number of aromatic amines is 1. The minimum Gasteiger partial charge on any atom is -0.491 e. The first-order chi connectivity index (χ1) is 6.65. The van der Waals surface area contributed by atoms with Gasteiger partial charge in [0.1, 0.15) is 5.75 Å². The number of fused-ring (bicyclic) bond motifs is 1. The molecule has 1 aromatic carbocycles. The van der Waals surface area contributed by atoms with Gasteiger partial charge in [-0.05, 0) is 37.6 Å². The normalized spacial score (nSPS) is 11.1. The van der Waals surface area contributed by atoms with Crippen molar-refractivity contribution in [3.8, 4) is 5.75 Å². The zero-order valence-corrected chi connectivity index (χ0v) is 8.80. The molecule has 14 heavy (non-hydrogen) atoms. The number of hydrogen-bond donors (Lipinski definition) is 1. The van der Waals surface area contributed by atoms with Crippen LogP contribution in [-0.4, -0.2) is 16.1 Å². The molecule has 0 radical (unpaired) electrons. The van der Waals surface area contributed by atoms with Gasteiger partial charge >= 0.3 is 0 Å². The first-order valence-corrected chi connectivity index (χ1v) is 4.85. The second kappa shape index (κ2) is 3.50. The van der Waals surface area contributed by atoms with E-state index in [4.69, 9.17) is 16.3 Å². The lowest BCUT2D eigenvalue weighted by molar-refractivity contribution is 0.242. The number of H-pyrrole nitrogens is 1. The molecule has 0 aliphatic heterocycles. The quantitative estimate of drug-likeness (QED) is 0.828. The molecule has 0 fully saturated rings. The Morgan fingerprint density at radius 1 is 1.43 bits per heavy atom. The molecule has 0 atom stereocenters. The maximum atomic E-state index is 5.73. The SMILES string of the molecule is CC(C)Oc1ccc2nc(Cl)[nH]c2c1. The molecule has 1 aromatic heterocycles. The Hall–Kier alpha value is -1.22. The predicted molar refractivity (Wildman–Crippen MR) is 56.9 cm³/mol. The number of aromatic nitrogens is 2. The number of nitrogens with one attached hydrogen (secondary N) is 1. The molecule has 2 rings (SSSR count). The monoisotopic (exact) mass is 210 g/mol. The van der Waals surface area contributed by atoms with Gasteiger partial charge in [-0.3, -0.25) is 0 Å². The molecule has 0 amide bonds. The van der Waals surface area contributed by atoms with Gasteiger partial charge in [-0.25, -0.2) is 4.98 Å². The number of hydrogen-bond acceptors (Lipinski definition) is 2. The van der Waals surface area contributed by atoms with Crippen LogP contribution in [0.25, 0.3) is 11.0 Å². The van der Waals surface area contributed by atoms with E-state index >= 15 is 0 Å². The fourth-order valence-corrected chi connectivity index (χ4v) is 1.50. The van der Waals surface area contributed by atoms with Crippen molar-refractivity contribution in [2.24, 2.45) is 0 Å². The molecule has 0 aliphatic rings. The van der Waals surface area contributed by atoms with Crippen molar-refractivity contribution in [2.75, 3.05) is 0 Å². The van der Waals surface area contributed by atoms with Crippen LogP contribution in [-0.2, 0) is 0 Å². The summed E-state index contributed by atoms with van der Waals surface area (Å²) in [5.74, 6) is 0.827. The van der Waals surface area contributed by atoms with Crippen molar-refractivity contribution in [3.63, 3.8) is 0 Å². The molecule has 0 saturated carbocycles. The lowest BCUT2D eigenvalue weighted by Crippen LogP contribution is -2.05. The zero-order valence-electron chi connectivity index (χ0n) is 8.04. The van der Waals surface area contributed by atoms with E-state index in [2.05, 4.69) is 9.97 Å². The van der Waals surface area contributed by atoms with Crippen LogP contribution >= 0.6 is 11.6 Å². The molecule has 0 spiro atoms. The summed E-state index contributed by atoms with van der Waals surface area (Å²) in [4.78, 5) is 7.03. The number of benzene rings is 1. The molecule has 0 saturated heterocycles. The molecule has 74 valence electrons. The molecule has 0 bridgehead atoms. The third kappa shape index (κ3) is 1.82. The maximum absolute atomic E-state index is 5.73. The Kier molecular flexibility index (Phi) is 2.33. The topological polar surface area (TPSA) is 37.9 Å². The lowest BCUT2D eigenvalue weighted by Gasteiger charge is -2.08. The number of rotatable bonds is 2. The third-order valence-corrected chi connectivity index (χ3v) is 1.98. The smallest absolute Gasteiger partial charge is 0.201 e. The summed E-state index contributed by atoms with van der Waals surface area (Å²) in [5, 5.41) is 0.404. The standard InChI is InChI=1S/C10H11ClN2O/c1-6(2)14-7-3-4-8-9(5-7)13-10(11)12-8/h3-6H,1-2H3,(H,12,13). The van der Waals surface area contributed by atoms with E-state index in [9.17, 15) is 0 Å². The van der Waals surface area contributed by atoms with Crippen LogP contribution in [0.1, 0.15) is 13.8 Å². The van der Waals surface area contributed by atoms with Crippen LogP contribution in [0.15, 0.2) is 18.2 Å². The van der Waals surface area contributed by atoms with Crippen molar-refractivity contribution in [2.45, 2.75) is 20.0 Å². The van der Waals surface area contributed by atoms with E-state index in [0.717, 1.165) is 16.8 Å². The lowest BCUT2D eigenvalue weighted by atomic mass is 10.3. The summed E-state index contributed by atoms with van der Waals surface area (Å²) < 4.78 is 5.54. The maximum Gasteiger partial charge on any atom is 0.201 e. The molecule has 4 heteroatoms. The molecule has 0 aliphatic carbocycles. The van der Waals surface area contributed by atoms with Crippen molar-refractivity contribution < 1.29 is 4.74 Å². The van der Waals surface area contributed by atoms with Crippen LogP contribution in [0.3, 0.4) is 0 Å². The zero-order chi connectivity index (χ0) is 10.1. The molecule has 1 N–H and O–H groups in total. The summed E-state index contributed by atoms with van der Waals surface area (Å²) in [6.07, 6.45) is 0.172. The van der Waals surface area contributed by atoms with E-state index in [1.807, 2.05) is 32.0 Å². The summed E-state index contributed by atoms with van der Waals surface area (Å²) in [6, 6.07) is 5.67. The number of halogens is 1. The Balaban J connectivity index is 2.40. The average Bonchev–Trinajstić information content (AvgIpc) is 2.42. The summed E-state index contributed by atoms with van der Waals surface area (Å²) in [7, 11) is 0. The highest BCUT2D eigenvalue weighted by Crippen LogP contribution is 2.21. The van der Waals surface area contributed by atoms with E-state index in [1.165, 1.54) is 0 Å². The minimum absolute atomic E-state index is 0.172. The Morgan fingerprint density at radius 3 is 2.93 bits per heavy atom. The van der Waals surface area contributed by atoms with Crippen molar-refractivity contribution >= 4 is 22.6 Å². The molecule has 3 nitrogen and oxygen atoms in total. The van der Waals surface area contributed by atoms with Gasteiger partial charge in [-0.2, -0.15) is 0 Å². The van der Waals surface area contributed by atoms with Crippen molar-refractivity contribution in [1.82, 2.24) is 9.97 Å². The fraction of sp³-hybridized carbons (Fsp3) is 0.300. The van der Waals surface area contributed by atoms with Gasteiger partial charge in [0.15, 0.2) is 0 Å². The molecule has 2 aromatic rings. The fourth-order valence-electron chi connectivity index (χ4n) is 1.30. The number of imidazole rings is 1. The van der Waals surface area contributed by atoms with Gasteiger partial charge in [0.2, 0.25) is 5.28 Å². The molecule has 1 heterocycles. The molecule has 0 unspecified atom stereocenters. The Bertz CT molecular complexity index is 450. The van der Waals surface area contributed by atoms with E-state index in [-0.39, 0.29) is 6.10 Å². The largest absolute Gasteiger partial charge is 0.491 e. The number of nitrogens with zero attached hydrogens (tertiary/aromatic N) is 1. The average molecular weight is 211 g/mol. The first kappa shape index (κ1) is 9.34. The highest BCUT2D eigenvalue weighted by Gasteiger charge is 2.03. The minimum atomic E-state index is 0.172. The van der Waals surface area contributed by atoms with Gasteiger partial charge in [0.05, 0.1) is 17.1 Å². The van der Waals surface area contributed by atoms with Crippen LogP contribution in [0, 0.1) is 0 Å². The van der Waals surface area contributed by atoms with Gasteiger partial charge in [-0.1, -0.05) is 0 Å². The van der Waals surface area contributed by atoms with Crippen LogP contribution in [0.4, 0.5) is 0 Å². The second-order valence-corrected chi connectivity index (χ2v) is 3.73. The summed E-state index contributed by atoms with van der Waals surface area (Å²) in [5.41, 5.74) is 1.75. The highest BCUT2D eigenvalue weighted by atomic mass is 35.5. The summed E-state index contributed by atoms with van der Waals surface area (Å²) >= 11 is 5.73. The predicted octanol–water partition coefficient (Wildman–Crippen LogP) is 3.00. The van der Waals surface area contributed by atoms with Gasteiger partial charge in [0, 0.05) is 6.07 Å². The van der Waals surface area contributed by atoms with E-state index < -0.39 is 0 Å². The van der Waals surface area contributed by atoms with Crippen molar-refractivity contribution in [1.29, 1.82) is 0 Å². The van der Waals surface area contributed by atoms with Gasteiger partial charge in [0.25, 0.3) is 0 Å². The van der Waals surface area contributed by atoms with E-state index in [1.54, 1.807) is 0 Å². The third-order valence-electron chi connectivity index (χ3n) is 1.80. The number of ether oxygens (including phenoxy) is 1. The first-order valence-electron chi connectivity index (χ1n) is 4.47. The van der Waals surface area contributed by atoms with E-state index in [0.29, 0.717) is 5.28 Å². The molecular weight excluding hydrogens is 200 g/mol.